The number of halogens is 1. The topological polar surface area (TPSA) is 69.6 Å². The molecule has 6 heteroatoms. The first-order valence-corrected chi connectivity index (χ1v) is 7.54. The van der Waals surface area contributed by atoms with Gasteiger partial charge < -0.3 is 15.3 Å². The maximum Gasteiger partial charge on any atom is 0.254 e. The van der Waals surface area contributed by atoms with Gasteiger partial charge in [0.1, 0.15) is 5.82 Å². The first-order valence-electron chi connectivity index (χ1n) is 7.54. The van der Waals surface area contributed by atoms with Crippen LogP contribution in [0.25, 0.3) is 0 Å². The summed E-state index contributed by atoms with van der Waals surface area (Å²) in [6, 6.07) is 4.16. The summed E-state index contributed by atoms with van der Waals surface area (Å²) in [6.07, 6.45) is 3.00. The molecule has 1 aromatic rings. The largest absolute Gasteiger partial charge is 0.396 e. The van der Waals surface area contributed by atoms with Gasteiger partial charge in [0.2, 0.25) is 5.91 Å². The van der Waals surface area contributed by atoms with Crippen molar-refractivity contribution in [3.63, 3.8) is 0 Å². The number of hydrogen-bond acceptors (Lipinski definition) is 3. The van der Waals surface area contributed by atoms with Gasteiger partial charge in [0, 0.05) is 30.6 Å². The average molecular weight is 306 g/mol. The highest BCUT2D eigenvalue weighted by Gasteiger charge is 2.42. The molecule has 118 valence electrons. The van der Waals surface area contributed by atoms with Crippen LogP contribution in [-0.2, 0) is 4.79 Å². The van der Waals surface area contributed by atoms with Crippen molar-refractivity contribution in [3.05, 3.63) is 29.6 Å². The Morgan fingerprint density at radius 1 is 1.41 bits per heavy atom. The molecular weight excluding hydrogens is 287 g/mol. The number of carbonyl (C=O) groups excluding carboxylic acids is 2. The fourth-order valence-corrected chi connectivity index (χ4v) is 2.71. The van der Waals surface area contributed by atoms with Crippen molar-refractivity contribution >= 4 is 17.5 Å². The highest BCUT2D eigenvalue weighted by Crippen LogP contribution is 2.44. The van der Waals surface area contributed by atoms with Gasteiger partial charge in [0.05, 0.1) is 12.2 Å². The Morgan fingerprint density at radius 2 is 2.18 bits per heavy atom. The van der Waals surface area contributed by atoms with Gasteiger partial charge in [0.25, 0.3) is 5.91 Å². The van der Waals surface area contributed by atoms with E-state index in [-0.39, 0.29) is 23.5 Å². The maximum absolute atomic E-state index is 13.9. The first-order chi connectivity index (χ1) is 10.5. The average Bonchev–Trinajstić information content (AvgIpc) is 3.19. The number of aliphatic hydroxyl groups excluding tert-OH is 1. The quantitative estimate of drug-likeness (QED) is 0.865. The van der Waals surface area contributed by atoms with Gasteiger partial charge in [-0.25, -0.2) is 4.39 Å². The molecule has 2 fully saturated rings. The fraction of sp³-hybridized carbons (Fsp3) is 0.500. The van der Waals surface area contributed by atoms with Crippen molar-refractivity contribution in [2.24, 2.45) is 5.41 Å². The van der Waals surface area contributed by atoms with Crippen LogP contribution in [0.1, 0.15) is 36.0 Å². The van der Waals surface area contributed by atoms with Crippen molar-refractivity contribution in [1.29, 1.82) is 0 Å². The molecule has 3 rings (SSSR count). The lowest BCUT2D eigenvalue weighted by Gasteiger charge is -2.17. The Kier molecular flexibility index (Phi) is 3.87. The van der Waals surface area contributed by atoms with Gasteiger partial charge in [-0.3, -0.25) is 9.59 Å². The standard InChI is InChI=1S/C16H19FN2O3/c17-13-4-3-11(19-7-1-2-14(19)21)8-12(13)15(22)18-9-16(10-20)5-6-16/h3-4,8,20H,1-2,5-7,9-10H2,(H,18,22). The van der Waals surface area contributed by atoms with E-state index >= 15 is 0 Å². The highest BCUT2D eigenvalue weighted by atomic mass is 19.1. The molecule has 0 bridgehead atoms. The third kappa shape index (κ3) is 2.83. The Bertz CT molecular complexity index is 613. The van der Waals surface area contributed by atoms with E-state index in [0.29, 0.717) is 25.2 Å². The molecule has 0 aromatic heterocycles. The highest BCUT2D eigenvalue weighted by molar-refractivity contribution is 5.99. The second-order valence-electron chi connectivity index (χ2n) is 6.15. The van der Waals surface area contributed by atoms with Crippen LogP contribution in [-0.4, -0.2) is 36.6 Å². The number of anilines is 1. The molecule has 2 aliphatic rings. The smallest absolute Gasteiger partial charge is 0.254 e. The van der Waals surface area contributed by atoms with E-state index in [1.807, 2.05) is 0 Å². The van der Waals surface area contributed by atoms with E-state index in [1.54, 1.807) is 4.90 Å². The van der Waals surface area contributed by atoms with Crippen molar-refractivity contribution in [2.45, 2.75) is 25.7 Å². The zero-order valence-corrected chi connectivity index (χ0v) is 12.3. The van der Waals surface area contributed by atoms with Crippen molar-refractivity contribution in [1.82, 2.24) is 5.32 Å². The molecule has 2 N–H and O–H groups in total. The normalized spacial score (nSPS) is 19.4. The molecule has 0 unspecified atom stereocenters. The summed E-state index contributed by atoms with van der Waals surface area (Å²) in [6.45, 7) is 0.964. The number of benzene rings is 1. The minimum absolute atomic E-state index is 0.00446. The van der Waals surface area contributed by atoms with E-state index < -0.39 is 11.7 Å². The van der Waals surface area contributed by atoms with Gasteiger partial charge in [-0.2, -0.15) is 0 Å². The summed E-state index contributed by atoms with van der Waals surface area (Å²) in [5, 5.41) is 11.9. The number of carbonyl (C=O) groups is 2. The van der Waals surface area contributed by atoms with Crippen LogP contribution < -0.4 is 10.2 Å². The molecule has 0 spiro atoms. The van der Waals surface area contributed by atoms with Gasteiger partial charge >= 0.3 is 0 Å². The van der Waals surface area contributed by atoms with Crippen LogP contribution in [0.3, 0.4) is 0 Å². The number of rotatable bonds is 5. The lowest BCUT2D eigenvalue weighted by Crippen LogP contribution is -2.32. The van der Waals surface area contributed by atoms with Crippen LogP contribution in [0.2, 0.25) is 0 Å². The van der Waals surface area contributed by atoms with Crippen LogP contribution in [0.5, 0.6) is 0 Å². The lowest BCUT2D eigenvalue weighted by molar-refractivity contribution is -0.117. The first kappa shape index (κ1) is 15.0. The second-order valence-corrected chi connectivity index (χ2v) is 6.15. The van der Waals surface area contributed by atoms with Crippen LogP contribution in [0, 0.1) is 11.2 Å². The minimum atomic E-state index is -0.609. The SMILES string of the molecule is O=C(NCC1(CO)CC1)c1cc(N2CCCC2=O)ccc1F. The van der Waals surface area contributed by atoms with E-state index in [2.05, 4.69) is 5.32 Å². The Morgan fingerprint density at radius 3 is 2.77 bits per heavy atom. The molecule has 1 aliphatic carbocycles. The maximum atomic E-state index is 13.9. The fourth-order valence-electron chi connectivity index (χ4n) is 2.71. The summed E-state index contributed by atoms with van der Waals surface area (Å²) in [4.78, 5) is 25.5. The predicted molar refractivity (Wildman–Crippen MR) is 79.1 cm³/mol. The molecule has 22 heavy (non-hydrogen) atoms. The van der Waals surface area contributed by atoms with Crippen molar-refractivity contribution in [2.75, 3.05) is 24.6 Å². The molecule has 1 heterocycles. The van der Waals surface area contributed by atoms with Crippen LogP contribution >= 0.6 is 0 Å². The monoisotopic (exact) mass is 306 g/mol. The summed E-state index contributed by atoms with van der Waals surface area (Å²) in [7, 11) is 0. The molecule has 5 nitrogen and oxygen atoms in total. The number of hydrogen-bond donors (Lipinski definition) is 2. The van der Waals surface area contributed by atoms with Crippen LogP contribution in [0.4, 0.5) is 10.1 Å². The third-order valence-corrected chi connectivity index (χ3v) is 4.50. The molecule has 2 amide bonds. The minimum Gasteiger partial charge on any atom is -0.396 e. The van der Waals surface area contributed by atoms with Crippen molar-refractivity contribution < 1.29 is 19.1 Å². The van der Waals surface area contributed by atoms with E-state index in [1.165, 1.54) is 18.2 Å². The number of nitrogens with one attached hydrogen (secondary N) is 1. The molecule has 1 aromatic carbocycles. The molecule has 0 atom stereocenters. The van der Waals surface area contributed by atoms with E-state index in [4.69, 9.17) is 0 Å². The summed E-state index contributed by atoms with van der Waals surface area (Å²) in [5.74, 6) is -1.12. The lowest BCUT2D eigenvalue weighted by atomic mass is 10.1. The van der Waals surface area contributed by atoms with E-state index in [9.17, 15) is 19.1 Å². The summed E-state index contributed by atoms with van der Waals surface area (Å²) >= 11 is 0. The van der Waals surface area contributed by atoms with Gasteiger partial charge in [-0.1, -0.05) is 0 Å². The van der Waals surface area contributed by atoms with Crippen molar-refractivity contribution in [3.8, 4) is 0 Å². The van der Waals surface area contributed by atoms with E-state index in [0.717, 1.165) is 19.3 Å². The Hall–Kier alpha value is -1.95. The van der Waals surface area contributed by atoms with Gasteiger partial charge in [-0.05, 0) is 37.5 Å². The number of aliphatic hydroxyl groups is 1. The van der Waals surface area contributed by atoms with Gasteiger partial charge in [0.15, 0.2) is 0 Å². The molecule has 1 saturated heterocycles. The molecule has 1 saturated carbocycles. The summed E-state index contributed by atoms with van der Waals surface area (Å²) in [5.41, 5.74) is 0.262. The molecular formula is C16H19FN2O3. The molecule has 0 radical (unpaired) electrons. The Balaban J connectivity index is 1.74. The molecule has 1 aliphatic heterocycles. The zero-order chi connectivity index (χ0) is 15.7. The number of amides is 2. The zero-order valence-electron chi connectivity index (χ0n) is 12.3. The number of nitrogens with zero attached hydrogens (tertiary/aromatic N) is 1. The second kappa shape index (κ2) is 5.68. The summed E-state index contributed by atoms with van der Waals surface area (Å²) < 4.78 is 13.9. The van der Waals surface area contributed by atoms with Gasteiger partial charge in [-0.15, -0.1) is 0 Å². The Labute approximate surface area is 128 Å². The predicted octanol–water partition coefficient (Wildman–Crippen LogP) is 1.45. The van der Waals surface area contributed by atoms with Crippen LogP contribution in [0.15, 0.2) is 18.2 Å². The third-order valence-electron chi connectivity index (χ3n) is 4.50.